The Bertz CT molecular complexity index is 857. The van der Waals surface area contributed by atoms with Crippen molar-refractivity contribution in [3.05, 3.63) is 51.8 Å². The van der Waals surface area contributed by atoms with Crippen molar-refractivity contribution in [1.82, 2.24) is 19.6 Å². The number of aromatic nitrogens is 2. The first-order valence-electron chi connectivity index (χ1n) is 9.01. The Morgan fingerprint density at radius 2 is 1.86 bits per heavy atom. The Balaban J connectivity index is 1.54. The number of carbonyl (C=O) groups is 1. The van der Waals surface area contributed by atoms with Crippen LogP contribution >= 0.6 is 11.6 Å². The lowest BCUT2D eigenvalue weighted by molar-refractivity contribution is -0.138. The van der Waals surface area contributed by atoms with Gasteiger partial charge in [-0.2, -0.15) is 18.3 Å². The number of hydrogen-bond donors (Lipinski definition) is 0. The van der Waals surface area contributed by atoms with E-state index in [0.717, 1.165) is 11.8 Å². The van der Waals surface area contributed by atoms with E-state index in [0.29, 0.717) is 49.0 Å². The summed E-state index contributed by atoms with van der Waals surface area (Å²) in [7, 11) is 0. The number of halogens is 4. The van der Waals surface area contributed by atoms with Crippen LogP contribution in [-0.2, 0) is 24.1 Å². The largest absolute Gasteiger partial charge is 0.416 e. The molecule has 2 heterocycles. The first kappa shape index (κ1) is 20.7. The summed E-state index contributed by atoms with van der Waals surface area (Å²) in [5.41, 5.74) is 1.43. The van der Waals surface area contributed by atoms with E-state index < -0.39 is 11.7 Å². The van der Waals surface area contributed by atoms with Crippen LogP contribution in [0.5, 0.6) is 0 Å². The van der Waals surface area contributed by atoms with Gasteiger partial charge >= 0.3 is 6.18 Å². The van der Waals surface area contributed by atoms with Crippen LogP contribution in [-0.4, -0.2) is 51.7 Å². The van der Waals surface area contributed by atoms with Crippen molar-refractivity contribution in [1.29, 1.82) is 0 Å². The molecule has 0 spiro atoms. The monoisotopic (exact) mass is 414 g/mol. The number of alkyl halides is 3. The van der Waals surface area contributed by atoms with Gasteiger partial charge in [0.05, 0.1) is 22.0 Å². The lowest BCUT2D eigenvalue weighted by Crippen LogP contribution is -2.49. The third-order valence-corrected chi connectivity index (χ3v) is 5.51. The SMILES string of the molecule is Cc1nn(CC(=O)N2CCN(Cc3cccc(C(F)(F)F)c3)CC2)c(C)c1Cl. The molecule has 2 aromatic rings. The molecule has 3 rings (SSSR count). The number of carbonyl (C=O) groups excluding carboxylic acids is 1. The number of aryl methyl sites for hydroxylation is 1. The highest BCUT2D eigenvalue weighted by Crippen LogP contribution is 2.29. The number of rotatable bonds is 4. The molecule has 1 fully saturated rings. The summed E-state index contributed by atoms with van der Waals surface area (Å²) in [6, 6.07) is 5.38. The van der Waals surface area contributed by atoms with E-state index in [1.165, 1.54) is 12.1 Å². The van der Waals surface area contributed by atoms with Crippen LogP contribution in [0.4, 0.5) is 13.2 Å². The number of benzene rings is 1. The Labute approximate surface area is 166 Å². The number of nitrogens with zero attached hydrogens (tertiary/aromatic N) is 4. The van der Waals surface area contributed by atoms with Gasteiger partial charge in [-0.1, -0.05) is 29.8 Å². The highest BCUT2D eigenvalue weighted by Gasteiger charge is 2.30. The predicted octanol–water partition coefficient (Wildman–Crippen LogP) is 3.52. The molecule has 9 heteroatoms. The van der Waals surface area contributed by atoms with Crippen molar-refractivity contribution in [2.45, 2.75) is 33.1 Å². The van der Waals surface area contributed by atoms with E-state index in [1.807, 2.05) is 6.92 Å². The van der Waals surface area contributed by atoms with E-state index in [9.17, 15) is 18.0 Å². The van der Waals surface area contributed by atoms with Crippen LogP contribution in [0.25, 0.3) is 0 Å². The topological polar surface area (TPSA) is 41.4 Å². The van der Waals surface area contributed by atoms with Crippen molar-refractivity contribution in [2.24, 2.45) is 0 Å². The third kappa shape index (κ3) is 4.67. The quantitative estimate of drug-likeness (QED) is 0.768. The van der Waals surface area contributed by atoms with Gasteiger partial charge in [-0.25, -0.2) is 0 Å². The minimum atomic E-state index is -4.34. The zero-order chi connectivity index (χ0) is 20.5. The molecule has 1 aromatic heterocycles. The molecular weight excluding hydrogens is 393 g/mol. The van der Waals surface area contributed by atoms with Crippen LogP contribution in [0, 0.1) is 13.8 Å². The van der Waals surface area contributed by atoms with Gasteiger partial charge in [0.1, 0.15) is 6.54 Å². The van der Waals surface area contributed by atoms with Crippen molar-refractivity contribution in [3.8, 4) is 0 Å². The van der Waals surface area contributed by atoms with E-state index in [-0.39, 0.29) is 12.5 Å². The number of piperazine rings is 1. The molecule has 152 valence electrons. The average Bonchev–Trinajstić information content (AvgIpc) is 2.88. The second-order valence-corrected chi connectivity index (χ2v) is 7.38. The van der Waals surface area contributed by atoms with Crippen molar-refractivity contribution in [2.75, 3.05) is 26.2 Å². The first-order valence-corrected chi connectivity index (χ1v) is 9.38. The van der Waals surface area contributed by atoms with Gasteiger partial charge in [-0.3, -0.25) is 14.4 Å². The molecule has 0 bridgehead atoms. The van der Waals surface area contributed by atoms with Crippen LogP contribution in [0.15, 0.2) is 24.3 Å². The maximum Gasteiger partial charge on any atom is 0.416 e. The van der Waals surface area contributed by atoms with E-state index in [4.69, 9.17) is 11.6 Å². The first-order chi connectivity index (χ1) is 13.1. The van der Waals surface area contributed by atoms with E-state index in [1.54, 1.807) is 22.6 Å². The zero-order valence-electron chi connectivity index (χ0n) is 15.8. The fourth-order valence-electron chi connectivity index (χ4n) is 3.32. The standard InChI is InChI=1S/C19H22ClF3N4O/c1-13-18(20)14(2)27(24-13)12-17(28)26-8-6-25(7-9-26)11-15-4-3-5-16(10-15)19(21,22)23/h3-5,10H,6-9,11-12H2,1-2H3. The molecule has 0 atom stereocenters. The molecule has 0 saturated carbocycles. The van der Waals surface area contributed by atoms with Gasteiger partial charge in [0.2, 0.25) is 5.91 Å². The molecule has 0 unspecified atom stereocenters. The predicted molar refractivity (Wildman–Crippen MR) is 100 cm³/mol. The van der Waals surface area contributed by atoms with Gasteiger partial charge < -0.3 is 4.90 Å². The lowest BCUT2D eigenvalue weighted by atomic mass is 10.1. The minimum absolute atomic E-state index is 0.0408. The van der Waals surface area contributed by atoms with Crippen molar-refractivity contribution < 1.29 is 18.0 Å². The Morgan fingerprint density at radius 1 is 1.18 bits per heavy atom. The molecule has 0 aliphatic carbocycles. The Morgan fingerprint density at radius 3 is 2.43 bits per heavy atom. The van der Waals surface area contributed by atoms with Crippen LogP contribution in [0.1, 0.15) is 22.5 Å². The molecule has 1 saturated heterocycles. The molecule has 28 heavy (non-hydrogen) atoms. The Hall–Kier alpha value is -2.06. The van der Waals surface area contributed by atoms with Crippen LogP contribution in [0.3, 0.4) is 0 Å². The summed E-state index contributed by atoms with van der Waals surface area (Å²) in [6.07, 6.45) is -4.34. The summed E-state index contributed by atoms with van der Waals surface area (Å²) in [4.78, 5) is 16.4. The number of hydrogen-bond acceptors (Lipinski definition) is 3. The summed E-state index contributed by atoms with van der Waals surface area (Å²) in [6.45, 7) is 6.47. The van der Waals surface area contributed by atoms with E-state index in [2.05, 4.69) is 10.00 Å². The molecule has 1 aliphatic heterocycles. The average molecular weight is 415 g/mol. The van der Waals surface area contributed by atoms with Gasteiger partial charge in [0.15, 0.2) is 0 Å². The molecule has 1 aromatic carbocycles. The normalized spacial score (nSPS) is 15.9. The minimum Gasteiger partial charge on any atom is -0.339 e. The summed E-state index contributed by atoms with van der Waals surface area (Å²) in [5, 5.41) is 4.85. The smallest absolute Gasteiger partial charge is 0.339 e. The lowest BCUT2D eigenvalue weighted by Gasteiger charge is -2.35. The van der Waals surface area contributed by atoms with Gasteiger partial charge in [-0.15, -0.1) is 0 Å². The molecule has 5 nitrogen and oxygen atoms in total. The van der Waals surface area contributed by atoms with Gasteiger partial charge in [0.25, 0.3) is 0 Å². The molecule has 0 N–H and O–H groups in total. The Kier molecular flexibility index (Phi) is 6.00. The fraction of sp³-hybridized carbons (Fsp3) is 0.474. The van der Waals surface area contributed by atoms with Crippen LogP contribution < -0.4 is 0 Å². The summed E-state index contributed by atoms with van der Waals surface area (Å²) in [5.74, 6) is -0.0408. The van der Waals surface area contributed by atoms with E-state index >= 15 is 0 Å². The number of amides is 1. The molecule has 1 amide bonds. The highest BCUT2D eigenvalue weighted by molar-refractivity contribution is 6.31. The van der Waals surface area contributed by atoms with Crippen molar-refractivity contribution >= 4 is 17.5 Å². The molecular formula is C19H22ClF3N4O. The third-order valence-electron chi connectivity index (χ3n) is 4.96. The zero-order valence-corrected chi connectivity index (χ0v) is 16.5. The highest BCUT2D eigenvalue weighted by atomic mass is 35.5. The summed E-state index contributed by atoms with van der Waals surface area (Å²) < 4.78 is 40.1. The van der Waals surface area contributed by atoms with Gasteiger partial charge in [-0.05, 0) is 25.5 Å². The summed E-state index contributed by atoms with van der Waals surface area (Å²) >= 11 is 6.12. The van der Waals surface area contributed by atoms with Crippen molar-refractivity contribution in [3.63, 3.8) is 0 Å². The van der Waals surface area contributed by atoms with Crippen LogP contribution in [0.2, 0.25) is 5.02 Å². The molecule has 0 radical (unpaired) electrons. The maximum atomic E-state index is 12.8. The maximum absolute atomic E-state index is 12.8. The fourth-order valence-corrected chi connectivity index (χ4v) is 3.45. The second kappa shape index (κ2) is 8.13. The second-order valence-electron chi connectivity index (χ2n) is 7.00. The van der Waals surface area contributed by atoms with Gasteiger partial charge in [0, 0.05) is 32.7 Å². The molecule has 1 aliphatic rings.